The molecule has 1 heterocycles. The number of carbonyl (C=O) groups excluding carboxylic acids is 1. The Kier molecular flexibility index (Phi) is 4.29. The van der Waals surface area contributed by atoms with Crippen LogP contribution in [0.3, 0.4) is 0 Å². The van der Waals surface area contributed by atoms with E-state index in [1.807, 2.05) is 0 Å². The highest BCUT2D eigenvalue weighted by Gasteiger charge is 2.27. The number of aromatic amines is 1. The number of hydrogen-bond donors (Lipinski definition) is 2. The lowest BCUT2D eigenvalue weighted by atomic mass is 10.4. The maximum absolute atomic E-state index is 11.6. The van der Waals surface area contributed by atoms with Crippen LogP contribution in [-0.4, -0.2) is 35.5 Å². The number of H-pyrrole nitrogens is 1. The van der Waals surface area contributed by atoms with Crippen LogP contribution in [0.2, 0.25) is 0 Å². The third kappa shape index (κ3) is 5.35. The first-order chi connectivity index (χ1) is 7.47. The molecule has 8 heteroatoms. The molecule has 0 fully saturated rings. The van der Waals surface area contributed by atoms with Gasteiger partial charge in [-0.15, -0.1) is 0 Å². The lowest BCUT2D eigenvalue weighted by Gasteiger charge is -2.07. The number of anilines is 1. The monoisotopic (exact) mass is 237 g/mol. The Bertz CT molecular complexity index is 324. The third-order valence-corrected chi connectivity index (χ3v) is 1.52. The van der Waals surface area contributed by atoms with Crippen molar-refractivity contribution in [2.75, 3.05) is 18.5 Å². The topological polar surface area (TPSA) is 67.0 Å². The summed E-state index contributed by atoms with van der Waals surface area (Å²) in [5.41, 5.74) is 0.459. The van der Waals surface area contributed by atoms with Crippen molar-refractivity contribution in [3.8, 4) is 0 Å². The minimum absolute atomic E-state index is 0.138. The maximum Gasteiger partial charge on any atom is 0.411 e. The summed E-state index contributed by atoms with van der Waals surface area (Å²) in [7, 11) is 0. The quantitative estimate of drug-likeness (QED) is 0.759. The first-order valence-corrected chi connectivity index (χ1v) is 4.40. The van der Waals surface area contributed by atoms with Crippen LogP contribution < -0.4 is 5.32 Å². The molecule has 0 radical (unpaired) electrons. The van der Waals surface area contributed by atoms with Crippen molar-refractivity contribution < 1.29 is 22.7 Å². The number of rotatable bonds is 5. The number of aromatic nitrogens is 2. The molecule has 1 aromatic heterocycles. The SMILES string of the molecule is O=C(CCOCC(F)(F)F)Nc1cn[nH]c1. The Hall–Kier alpha value is -1.57. The van der Waals surface area contributed by atoms with Gasteiger partial charge in [-0.3, -0.25) is 9.89 Å². The lowest BCUT2D eigenvalue weighted by Crippen LogP contribution is -2.20. The van der Waals surface area contributed by atoms with Gasteiger partial charge >= 0.3 is 6.18 Å². The summed E-state index contributed by atoms with van der Waals surface area (Å²) in [6, 6.07) is 0. The van der Waals surface area contributed by atoms with Gasteiger partial charge in [-0.25, -0.2) is 0 Å². The zero-order valence-corrected chi connectivity index (χ0v) is 8.17. The predicted molar refractivity (Wildman–Crippen MR) is 48.7 cm³/mol. The van der Waals surface area contributed by atoms with Crippen LogP contribution in [0, 0.1) is 0 Å². The summed E-state index contributed by atoms with van der Waals surface area (Å²) in [5.74, 6) is -0.427. The van der Waals surface area contributed by atoms with Gasteiger partial charge < -0.3 is 10.1 Å². The Balaban J connectivity index is 2.12. The zero-order valence-electron chi connectivity index (χ0n) is 8.17. The van der Waals surface area contributed by atoms with Gasteiger partial charge in [-0.1, -0.05) is 0 Å². The molecule has 0 bridgehead atoms. The van der Waals surface area contributed by atoms with E-state index >= 15 is 0 Å². The smallest absolute Gasteiger partial charge is 0.372 e. The Labute approximate surface area is 89.0 Å². The molecule has 1 amide bonds. The number of hydrogen-bond acceptors (Lipinski definition) is 3. The molecule has 0 unspecified atom stereocenters. The lowest BCUT2D eigenvalue weighted by molar-refractivity contribution is -0.174. The van der Waals surface area contributed by atoms with Crippen LogP contribution in [0.1, 0.15) is 6.42 Å². The normalized spacial score (nSPS) is 11.4. The minimum atomic E-state index is -4.36. The van der Waals surface area contributed by atoms with Crippen LogP contribution >= 0.6 is 0 Å². The molecule has 16 heavy (non-hydrogen) atoms. The van der Waals surface area contributed by atoms with Crippen LogP contribution in [0.25, 0.3) is 0 Å². The highest BCUT2D eigenvalue weighted by atomic mass is 19.4. The second kappa shape index (κ2) is 5.50. The van der Waals surface area contributed by atoms with E-state index in [0.717, 1.165) is 0 Å². The number of amides is 1. The standard InChI is InChI=1S/C8H10F3N3O2/c9-8(10,11)5-16-2-1-7(15)14-6-3-12-13-4-6/h3-4H,1-2,5H2,(H,12,13)(H,14,15). The highest BCUT2D eigenvalue weighted by molar-refractivity contribution is 5.90. The Morgan fingerprint density at radius 2 is 2.31 bits per heavy atom. The molecular weight excluding hydrogens is 227 g/mol. The van der Waals surface area contributed by atoms with Gasteiger partial charge in [0.25, 0.3) is 0 Å². The van der Waals surface area contributed by atoms with Gasteiger partial charge in [0, 0.05) is 6.20 Å². The molecule has 0 aliphatic carbocycles. The molecule has 0 saturated heterocycles. The number of nitrogens with zero attached hydrogens (tertiary/aromatic N) is 1. The van der Waals surface area contributed by atoms with E-state index in [-0.39, 0.29) is 13.0 Å². The van der Waals surface area contributed by atoms with E-state index < -0.39 is 18.7 Å². The van der Waals surface area contributed by atoms with E-state index in [1.54, 1.807) is 0 Å². The van der Waals surface area contributed by atoms with Crippen molar-refractivity contribution >= 4 is 11.6 Å². The third-order valence-electron chi connectivity index (χ3n) is 1.52. The highest BCUT2D eigenvalue weighted by Crippen LogP contribution is 2.14. The second-order valence-corrected chi connectivity index (χ2v) is 2.95. The summed E-state index contributed by atoms with van der Waals surface area (Å²) in [6.45, 7) is -1.62. The van der Waals surface area contributed by atoms with Crippen molar-refractivity contribution in [3.63, 3.8) is 0 Å². The zero-order chi connectivity index (χ0) is 12.0. The number of carbonyl (C=O) groups is 1. The van der Waals surface area contributed by atoms with Crippen molar-refractivity contribution in [1.29, 1.82) is 0 Å². The van der Waals surface area contributed by atoms with Crippen molar-refractivity contribution in [1.82, 2.24) is 10.2 Å². The molecule has 0 aliphatic rings. The molecule has 1 aromatic rings. The second-order valence-electron chi connectivity index (χ2n) is 2.95. The predicted octanol–water partition coefficient (Wildman–Crippen LogP) is 1.32. The molecule has 2 N–H and O–H groups in total. The van der Waals surface area contributed by atoms with E-state index in [4.69, 9.17) is 0 Å². The van der Waals surface area contributed by atoms with Gasteiger partial charge in [0.15, 0.2) is 0 Å². The maximum atomic E-state index is 11.6. The Morgan fingerprint density at radius 3 is 2.88 bits per heavy atom. The van der Waals surface area contributed by atoms with E-state index in [2.05, 4.69) is 20.3 Å². The van der Waals surface area contributed by atoms with Gasteiger partial charge in [0.05, 0.1) is 24.9 Å². The molecule has 90 valence electrons. The van der Waals surface area contributed by atoms with Crippen molar-refractivity contribution in [3.05, 3.63) is 12.4 Å². The molecular formula is C8H10F3N3O2. The molecule has 0 saturated carbocycles. The van der Waals surface area contributed by atoms with Crippen LogP contribution in [0.4, 0.5) is 18.9 Å². The van der Waals surface area contributed by atoms with Crippen molar-refractivity contribution in [2.24, 2.45) is 0 Å². The molecule has 0 aliphatic heterocycles. The number of alkyl halides is 3. The van der Waals surface area contributed by atoms with E-state index in [1.165, 1.54) is 12.4 Å². The van der Waals surface area contributed by atoms with Gasteiger partial charge in [-0.2, -0.15) is 18.3 Å². The van der Waals surface area contributed by atoms with E-state index in [9.17, 15) is 18.0 Å². The first kappa shape index (κ1) is 12.5. The molecule has 0 aromatic carbocycles. The fraction of sp³-hybridized carbons (Fsp3) is 0.500. The summed E-state index contributed by atoms with van der Waals surface area (Å²) >= 11 is 0. The molecule has 1 rings (SSSR count). The average molecular weight is 237 g/mol. The fourth-order valence-electron chi connectivity index (χ4n) is 0.895. The first-order valence-electron chi connectivity index (χ1n) is 4.40. The average Bonchev–Trinajstić information content (AvgIpc) is 2.63. The molecule has 5 nitrogen and oxygen atoms in total. The van der Waals surface area contributed by atoms with Crippen LogP contribution in [0.15, 0.2) is 12.4 Å². The van der Waals surface area contributed by atoms with Crippen LogP contribution in [-0.2, 0) is 9.53 Å². The summed E-state index contributed by atoms with van der Waals surface area (Å²) in [4.78, 5) is 11.1. The van der Waals surface area contributed by atoms with Gasteiger partial charge in [0.1, 0.15) is 6.61 Å². The Morgan fingerprint density at radius 1 is 1.56 bits per heavy atom. The summed E-state index contributed by atoms with van der Waals surface area (Å²) < 4.78 is 39.2. The van der Waals surface area contributed by atoms with E-state index in [0.29, 0.717) is 5.69 Å². The van der Waals surface area contributed by atoms with Crippen LogP contribution in [0.5, 0.6) is 0 Å². The number of halogens is 3. The largest absolute Gasteiger partial charge is 0.411 e. The number of nitrogens with one attached hydrogen (secondary N) is 2. The minimum Gasteiger partial charge on any atom is -0.372 e. The number of ether oxygens (including phenoxy) is 1. The summed E-state index contributed by atoms with van der Waals surface area (Å²) in [5, 5.41) is 8.49. The fourth-order valence-corrected chi connectivity index (χ4v) is 0.895. The van der Waals surface area contributed by atoms with Gasteiger partial charge in [0.2, 0.25) is 5.91 Å². The summed E-state index contributed by atoms with van der Waals surface area (Å²) in [6.07, 6.45) is -1.66. The van der Waals surface area contributed by atoms with Gasteiger partial charge in [-0.05, 0) is 0 Å². The van der Waals surface area contributed by atoms with Crippen molar-refractivity contribution in [2.45, 2.75) is 12.6 Å². The molecule has 0 atom stereocenters. The molecule has 0 spiro atoms.